The molecule has 1 N–H and O–H groups in total. The second-order valence-corrected chi connectivity index (χ2v) is 24.8. The first-order valence-corrected chi connectivity index (χ1v) is 22.7. The van der Waals surface area contributed by atoms with E-state index < -0.39 is 27.1 Å². The van der Waals surface area contributed by atoms with Crippen molar-refractivity contribution in [2.45, 2.75) is 46.6 Å². The Hall–Kier alpha value is -2.58. The molecule has 1 unspecified atom stereocenters. The molecule has 0 radical (unpaired) electrons. The molecule has 4 aromatic rings. The van der Waals surface area contributed by atoms with Crippen molar-refractivity contribution in [1.29, 1.82) is 0 Å². The zero-order valence-electron chi connectivity index (χ0n) is 23.7. The minimum Gasteiger partial charge on any atom is -0.0622 e. The van der Waals surface area contributed by atoms with Gasteiger partial charge in [-0.2, -0.15) is 0 Å². The van der Waals surface area contributed by atoms with Crippen molar-refractivity contribution in [3.63, 3.8) is 0 Å². The largest absolute Gasteiger partial charge is 0.0622 e. The molecule has 39 heavy (non-hydrogen) atoms. The third kappa shape index (κ3) is 6.77. The number of allylic oxidation sites excluding steroid dienone is 4. The van der Waals surface area contributed by atoms with Gasteiger partial charge in [-0.25, -0.2) is 0 Å². The molecule has 1 atom stereocenters. The first-order chi connectivity index (χ1) is 19.0. The average molecular weight is 606 g/mol. The molecular weight excluding hydrogens is 566 g/mol. The van der Waals surface area contributed by atoms with Gasteiger partial charge in [0.2, 0.25) is 0 Å². The zero-order valence-corrected chi connectivity index (χ0v) is 27.3. The summed E-state index contributed by atoms with van der Waals surface area (Å²) < 4.78 is 6.16. The fourth-order valence-corrected chi connectivity index (χ4v) is 29.1. The minimum absolute atomic E-state index is 0.632. The molecular formula is C36H40NSiZr. The van der Waals surface area contributed by atoms with Crippen molar-refractivity contribution in [1.82, 2.24) is 3.26 Å². The Labute approximate surface area is 244 Å². The van der Waals surface area contributed by atoms with E-state index >= 15 is 0 Å². The van der Waals surface area contributed by atoms with Crippen LogP contribution in [0.25, 0.3) is 11.1 Å². The maximum Gasteiger partial charge on any atom is -0.0184 e. The molecule has 2 aliphatic carbocycles. The van der Waals surface area contributed by atoms with E-state index in [1.165, 1.54) is 24.0 Å². The summed E-state index contributed by atoms with van der Waals surface area (Å²) in [7, 11) is 0. The van der Waals surface area contributed by atoms with E-state index in [1.54, 1.807) is 27.1 Å². The Morgan fingerprint density at radius 2 is 1.00 bits per heavy atom. The maximum atomic E-state index is 4.31. The molecule has 0 saturated heterocycles. The van der Waals surface area contributed by atoms with Gasteiger partial charge in [0.25, 0.3) is 0 Å². The molecule has 0 aliphatic heterocycles. The van der Waals surface area contributed by atoms with Gasteiger partial charge in [-0.3, -0.25) is 0 Å². The van der Waals surface area contributed by atoms with Crippen molar-refractivity contribution in [3.8, 4) is 11.1 Å². The van der Waals surface area contributed by atoms with Gasteiger partial charge in [-0.15, -0.1) is 0 Å². The van der Waals surface area contributed by atoms with Crippen LogP contribution in [0.1, 0.15) is 40.5 Å². The van der Waals surface area contributed by atoms with Gasteiger partial charge in [0, 0.05) is 0 Å². The molecule has 1 fully saturated rings. The average Bonchev–Trinajstić information content (AvgIpc) is 3.80. The zero-order chi connectivity index (χ0) is 27.2. The Bertz CT molecular complexity index is 1330. The molecule has 1 nitrogen and oxygen atoms in total. The minimum atomic E-state index is -2.06. The molecule has 3 heteroatoms. The molecule has 4 aromatic carbocycles. The maximum absolute atomic E-state index is 4.31. The summed E-state index contributed by atoms with van der Waals surface area (Å²) in [6.45, 7) is 9.55. The molecule has 0 amide bonds. The van der Waals surface area contributed by atoms with Crippen LogP contribution in [-0.4, -0.2) is 12.0 Å². The summed E-state index contributed by atoms with van der Waals surface area (Å²) >= 11 is -2.06. The number of rotatable bonds is 7. The number of hydrogen-bond donors (Lipinski definition) is 1. The topological polar surface area (TPSA) is 12.0 Å². The Morgan fingerprint density at radius 3 is 1.36 bits per heavy atom. The molecule has 6 rings (SSSR count). The predicted octanol–water partition coefficient (Wildman–Crippen LogP) is 7.42. The summed E-state index contributed by atoms with van der Waals surface area (Å²) in [5.41, 5.74) is 7.33. The van der Waals surface area contributed by atoms with E-state index in [2.05, 4.69) is 140 Å². The summed E-state index contributed by atoms with van der Waals surface area (Å²) in [5, 5.41) is 3.25. The van der Waals surface area contributed by atoms with Gasteiger partial charge >= 0.3 is 174 Å². The second kappa shape index (κ2) is 13.2. The van der Waals surface area contributed by atoms with Crippen LogP contribution in [0.15, 0.2) is 141 Å². The van der Waals surface area contributed by atoms with Gasteiger partial charge in [0.15, 0.2) is 0 Å². The summed E-state index contributed by atoms with van der Waals surface area (Å²) in [6.07, 6.45) is 2.75. The summed E-state index contributed by atoms with van der Waals surface area (Å²) in [4.78, 5) is 0. The van der Waals surface area contributed by atoms with Crippen molar-refractivity contribution in [2.75, 3.05) is 0 Å². The van der Waals surface area contributed by atoms with Gasteiger partial charge in [-0.05, 0) is 11.1 Å². The Kier molecular flexibility index (Phi) is 9.45. The summed E-state index contributed by atoms with van der Waals surface area (Å²) in [6, 6.07) is 44.5. The monoisotopic (exact) mass is 604 g/mol. The van der Waals surface area contributed by atoms with E-state index in [0.717, 1.165) is 6.04 Å². The van der Waals surface area contributed by atoms with E-state index in [4.69, 9.17) is 0 Å². The van der Waals surface area contributed by atoms with Crippen LogP contribution in [0.5, 0.6) is 0 Å². The van der Waals surface area contributed by atoms with Crippen LogP contribution < -0.4 is 13.6 Å². The molecule has 197 valence electrons. The third-order valence-electron chi connectivity index (χ3n) is 8.30. The molecule has 1 saturated carbocycles. The fourth-order valence-electron chi connectivity index (χ4n) is 5.64. The fraction of sp³-hybridized carbons (Fsp3) is 0.222. The van der Waals surface area contributed by atoms with Crippen LogP contribution >= 0.6 is 0 Å². The predicted molar refractivity (Wildman–Crippen MR) is 168 cm³/mol. The van der Waals surface area contributed by atoms with E-state index in [-0.39, 0.29) is 0 Å². The second-order valence-electron chi connectivity index (χ2n) is 10.9. The SMILES string of the molecule is CC1=C(C)C(C)[C]([Zr]([NH]C2CC2)[SiH](c2ccccc2)c2ccccc2)=C1C.c1ccc(-c2ccccc2)cc1. The van der Waals surface area contributed by atoms with Crippen LogP contribution in [-0.2, 0) is 21.2 Å². The number of benzene rings is 4. The Morgan fingerprint density at radius 1 is 0.590 bits per heavy atom. The van der Waals surface area contributed by atoms with Gasteiger partial charge in [0.05, 0.1) is 0 Å². The van der Waals surface area contributed by atoms with E-state index in [9.17, 15) is 0 Å². The van der Waals surface area contributed by atoms with Crippen LogP contribution in [0.2, 0.25) is 0 Å². The molecule has 0 aromatic heterocycles. The molecule has 0 heterocycles. The Balaban J connectivity index is 0.000000214. The smallest absolute Gasteiger partial charge is 0.0184 e. The standard InChI is InChI=1S/C12H11Si.C12H10.C9H13.C3H6N.Zr/c1-3-7-11(8-4-1)13-12-9-5-2-6-10-12;1-3-7-11(8-4-1)12-9-5-2-6-10-12;1-6-5-7(2)9(4)8(6)3;4-3-1-2-3;/h1-10,13H;1-10H;6H,1-4H3;3-4H,1-2H2;/q;;;-1;+1. The third-order valence-corrected chi connectivity index (χ3v) is 28.2. The van der Waals surface area contributed by atoms with Gasteiger partial charge in [-0.1, -0.05) is 60.7 Å². The van der Waals surface area contributed by atoms with Crippen LogP contribution in [0, 0.1) is 5.92 Å². The number of nitrogens with one attached hydrogen (secondary N) is 1. The van der Waals surface area contributed by atoms with Crippen molar-refractivity contribution >= 4 is 16.3 Å². The van der Waals surface area contributed by atoms with Crippen molar-refractivity contribution in [2.24, 2.45) is 5.92 Å². The first-order valence-electron chi connectivity index (χ1n) is 14.3. The van der Waals surface area contributed by atoms with E-state index in [1.807, 2.05) is 15.4 Å². The van der Waals surface area contributed by atoms with Gasteiger partial charge < -0.3 is 0 Å². The molecule has 2 aliphatic rings. The first kappa shape index (κ1) is 28.0. The van der Waals surface area contributed by atoms with Gasteiger partial charge in [0.1, 0.15) is 0 Å². The summed E-state index contributed by atoms with van der Waals surface area (Å²) in [5.74, 6) is -0.633. The van der Waals surface area contributed by atoms with Crippen LogP contribution in [0.3, 0.4) is 0 Å². The normalized spacial score (nSPS) is 16.8. The van der Waals surface area contributed by atoms with Crippen molar-refractivity contribution in [3.05, 3.63) is 141 Å². The molecule has 0 bridgehead atoms. The number of hydrogen-bond acceptors (Lipinski definition) is 1. The quantitative estimate of drug-likeness (QED) is 0.216. The van der Waals surface area contributed by atoms with E-state index in [0.29, 0.717) is 5.92 Å². The van der Waals surface area contributed by atoms with Crippen molar-refractivity contribution < 1.29 is 21.2 Å². The molecule has 0 spiro atoms. The van der Waals surface area contributed by atoms with Crippen LogP contribution in [0.4, 0.5) is 0 Å².